The Labute approximate surface area is 115 Å². The van der Waals surface area contributed by atoms with Crippen molar-refractivity contribution in [2.45, 2.75) is 12.4 Å². The molecule has 3 N–H and O–H groups in total. The van der Waals surface area contributed by atoms with Crippen molar-refractivity contribution in [1.29, 1.82) is 0 Å². The van der Waals surface area contributed by atoms with Crippen molar-refractivity contribution in [2.24, 2.45) is 5.73 Å². The van der Waals surface area contributed by atoms with E-state index < -0.39 is 29.2 Å². The molecule has 0 spiro atoms. The van der Waals surface area contributed by atoms with Crippen molar-refractivity contribution in [2.75, 3.05) is 12.5 Å². The van der Waals surface area contributed by atoms with Crippen LogP contribution in [0.2, 0.25) is 0 Å². The van der Waals surface area contributed by atoms with Gasteiger partial charge in [-0.3, -0.25) is 10.4 Å². The van der Waals surface area contributed by atoms with Crippen LogP contribution in [0, 0.1) is 0 Å². The smallest absolute Gasteiger partial charge is 0.375 e. The molecular formula is C10H9F6N3S. The zero-order valence-electron chi connectivity index (χ0n) is 9.93. The van der Waals surface area contributed by atoms with Gasteiger partial charge in [0, 0.05) is 7.05 Å². The molecule has 0 aliphatic carbocycles. The summed E-state index contributed by atoms with van der Waals surface area (Å²) in [5.41, 5.74) is 4.14. The summed E-state index contributed by atoms with van der Waals surface area (Å²) in [6, 6.07) is 1.10. The van der Waals surface area contributed by atoms with Crippen LogP contribution >= 0.6 is 12.2 Å². The summed E-state index contributed by atoms with van der Waals surface area (Å²) in [5.74, 6) is 0. The van der Waals surface area contributed by atoms with Gasteiger partial charge in [-0.05, 0) is 30.4 Å². The molecule has 10 heteroatoms. The fourth-order valence-corrected chi connectivity index (χ4v) is 1.31. The Kier molecular flexibility index (Phi) is 4.37. The first-order valence-corrected chi connectivity index (χ1v) is 5.41. The quantitative estimate of drug-likeness (QED) is 0.499. The minimum Gasteiger partial charge on any atom is -0.375 e. The molecule has 20 heavy (non-hydrogen) atoms. The number of nitrogens with zero attached hydrogens (tertiary/aromatic N) is 1. The minimum atomic E-state index is -4.90. The Bertz CT molecular complexity index is 478. The van der Waals surface area contributed by atoms with Crippen molar-refractivity contribution in [1.82, 2.24) is 5.01 Å². The molecule has 0 aliphatic rings. The summed E-state index contributed by atoms with van der Waals surface area (Å²) in [6.07, 6.45) is -9.81. The Morgan fingerprint density at radius 2 is 1.45 bits per heavy atom. The molecule has 0 bridgehead atoms. The summed E-state index contributed by atoms with van der Waals surface area (Å²) in [4.78, 5) is 0. The van der Waals surface area contributed by atoms with Crippen LogP contribution in [0.3, 0.4) is 0 Å². The summed E-state index contributed by atoms with van der Waals surface area (Å²) >= 11 is 4.53. The van der Waals surface area contributed by atoms with E-state index in [2.05, 4.69) is 17.6 Å². The Morgan fingerprint density at radius 1 is 1.05 bits per heavy atom. The highest BCUT2D eigenvalue weighted by Crippen LogP contribution is 2.37. The van der Waals surface area contributed by atoms with Gasteiger partial charge in [-0.25, -0.2) is 0 Å². The standard InChI is InChI=1S/C10H9F6N3S/c1-19(8(17)20)18-7-3-5(9(11,12)13)2-6(4-7)10(14,15)16/h2-4,18H,1H3,(H2,17,20). The van der Waals surface area contributed by atoms with Gasteiger partial charge in [-0.15, -0.1) is 0 Å². The number of hydrogen-bond donors (Lipinski definition) is 2. The first-order chi connectivity index (χ1) is 8.91. The van der Waals surface area contributed by atoms with Crippen molar-refractivity contribution < 1.29 is 26.3 Å². The lowest BCUT2D eigenvalue weighted by atomic mass is 10.1. The number of hydrazine groups is 1. The van der Waals surface area contributed by atoms with E-state index in [9.17, 15) is 26.3 Å². The number of nitrogens with one attached hydrogen (secondary N) is 1. The second kappa shape index (κ2) is 5.35. The number of thiocarbonyl (C=S) groups is 1. The van der Waals surface area contributed by atoms with Crippen molar-refractivity contribution in [3.63, 3.8) is 0 Å². The normalized spacial score (nSPS) is 12.2. The fourth-order valence-electron chi connectivity index (χ4n) is 1.27. The third-order valence-electron chi connectivity index (χ3n) is 2.22. The van der Waals surface area contributed by atoms with Crippen LogP contribution in [0.5, 0.6) is 0 Å². The minimum absolute atomic E-state index is 0.0337. The number of halogens is 6. The van der Waals surface area contributed by atoms with E-state index in [4.69, 9.17) is 5.73 Å². The Morgan fingerprint density at radius 3 is 1.75 bits per heavy atom. The van der Waals surface area contributed by atoms with Crippen molar-refractivity contribution in [3.8, 4) is 0 Å². The number of nitrogens with two attached hydrogens (primary N) is 1. The van der Waals surface area contributed by atoms with Crippen LogP contribution < -0.4 is 11.2 Å². The van der Waals surface area contributed by atoms with Crippen LogP contribution in [-0.4, -0.2) is 17.2 Å². The number of hydrogen-bond acceptors (Lipinski definition) is 2. The fraction of sp³-hybridized carbons (Fsp3) is 0.300. The average molecular weight is 317 g/mol. The van der Waals surface area contributed by atoms with Crippen molar-refractivity contribution in [3.05, 3.63) is 29.3 Å². The Hall–Kier alpha value is -1.71. The molecular weight excluding hydrogens is 308 g/mol. The molecule has 0 saturated heterocycles. The van der Waals surface area contributed by atoms with Gasteiger partial charge >= 0.3 is 12.4 Å². The van der Waals surface area contributed by atoms with E-state index in [1.165, 1.54) is 7.05 Å². The van der Waals surface area contributed by atoms with Gasteiger partial charge in [0.1, 0.15) is 0 Å². The molecule has 0 fully saturated rings. The zero-order valence-corrected chi connectivity index (χ0v) is 10.7. The molecule has 0 saturated carbocycles. The average Bonchev–Trinajstić information content (AvgIpc) is 2.26. The van der Waals surface area contributed by atoms with E-state index in [1.807, 2.05) is 0 Å². The third kappa shape index (κ3) is 4.15. The molecule has 112 valence electrons. The van der Waals surface area contributed by atoms with E-state index in [0.29, 0.717) is 12.1 Å². The topological polar surface area (TPSA) is 41.3 Å². The van der Waals surface area contributed by atoms with Gasteiger partial charge in [-0.1, -0.05) is 0 Å². The predicted octanol–water partition coefficient (Wildman–Crippen LogP) is 3.23. The Balaban J connectivity index is 3.28. The maximum Gasteiger partial charge on any atom is 0.416 e. The summed E-state index contributed by atoms with van der Waals surface area (Å²) in [6.45, 7) is 0. The van der Waals surface area contributed by atoms with E-state index in [1.54, 1.807) is 0 Å². The maximum atomic E-state index is 12.6. The van der Waals surface area contributed by atoms with Gasteiger partial charge in [0.05, 0.1) is 16.8 Å². The summed E-state index contributed by atoms with van der Waals surface area (Å²) in [5, 5.41) is 0.682. The molecule has 0 aromatic heterocycles. The molecule has 0 aliphatic heterocycles. The molecule has 3 nitrogen and oxygen atoms in total. The predicted molar refractivity (Wildman–Crippen MR) is 64.6 cm³/mol. The van der Waals surface area contributed by atoms with Crippen LogP contribution in [-0.2, 0) is 12.4 Å². The zero-order chi connectivity index (χ0) is 15.7. The monoisotopic (exact) mass is 317 g/mol. The molecule has 0 radical (unpaired) electrons. The highest BCUT2D eigenvalue weighted by molar-refractivity contribution is 7.80. The van der Waals surface area contributed by atoms with Gasteiger partial charge in [0.25, 0.3) is 0 Å². The van der Waals surface area contributed by atoms with Crippen LogP contribution in [0.15, 0.2) is 18.2 Å². The van der Waals surface area contributed by atoms with E-state index >= 15 is 0 Å². The first-order valence-electron chi connectivity index (χ1n) is 5.00. The van der Waals surface area contributed by atoms with Gasteiger partial charge in [0.15, 0.2) is 5.11 Å². The molecule has 1 aromatic carbocycles. The third-order valence-corrected chi connectivity index (χ3v) is 2.49. The SMILES string of the molecule is CN(Nc1cc(C(F)(F)F)cc(C(F)(F)F)c1)C(N)=S. The number of rotatable bonds is 2. The first kappa shape index (κ1) is 16.3. The highest BCUT2D eigenvalue weighted by Gasteiger charge is 2.37. The number of alkyl halides is 6. The lowest BCUT2D eigenvalue weighted by Gasteiger charge is -2.21. The second-order valence-corrected chi connectivity index (χ2v) is 4.22. The molecule has 0 atom stereocenters. The van der Waals surface area contributed by atoms with Gasteiger partial charge in [-0.2, -0.15) is 26.3 Å². The molecule has 0 unspecified atom stereocenters. The lowest BCUT2D eigenvalue weighted by Crippen LogP contribution is -2.36. The maximum absolute atomic E-state index is 12.6. The number of anilines is 1. The second-order valence-electron chi connectivity index (χ2n) is 3.80. The summed E-state index contributed by atoms with van der Waals surface area (Å²) in [7, 11) is 1.26. The lowest BCUT2D eigenvalue weighted by molar-refractivity contribution is -0.143. The van der Waals surface area contributed by atoms with E-state index in [0.717, 1.165) is 5.01 Å². The van der Waals surface area contributed by atoms with Gasteiger partial charge in [0.2, 0.25) is 0 Å². The molecule has 0 amide bonds. The van der Waals surface area contributed by atoms with Crippen LogP contribution in [0.25, 0.3) is 0 Å². The molecule has 1 aromatic rings. The van der Waals surface area contributed by atoms with Gasteiger partial charge < -0.3 is 5.73 Å². The van der Waals surface area contributed by atoms with Crippen LogP contribution in [0.4, 0.5) is 32.0 Å². The highest BCUT2D eigenvalue weighted by atomic mass is 32.1. The largest absolute Gasteiger partial charge is 0.416 e. The van der Waals surface area contributed by atoms with Crippen LogP contribution in [0.1, 0.15) is 11.1 Å². The van der Waals surface area contributed by atoms with E-state index in [-0.39, 0.29) is 11.2 Å². The number of benzene rings is 1. The molecule has 0 heterocycles. The van der Waals surface area contributed by atoms with Crippen molar-refractivity contribution >= 4 is 23.0 Å². The molecule has 1 rings (SSSR count). The summed E-state index contributed by atoms with van der Waals surface area (Å²) < 4.78 is 75.4.